The van der Waals surface area contributed by atoms with Crippen LogP contribution in [-0.2, 0) is 4.79 Å². The van der Waals surface area contributed by atoms with E-state index in [1.165, 1.54) is 0 Å². The normalized spacial score (nSPS) is 16.2. The number of hydrogen-bond acceptors (Lipinski definition) is 3. The summed E-state index contributed by atoms with van der Waals surface area (Å²) in [6.45, 7) is 2.89. The number of anilines is 1. The second kappa shape index (κ2) is 7.31. The molecule has 0 aromatic heterocycles. The molecular formula is C21H22N2O2. The zero-order valence-corrected chi connectivity index (χ0v) is 14.6. The highest BCUT2D eigenvalue weighted by molar-refractivity contribution is 5.84. The van der Waals surface area contributed by atoms with Gasteiger partial charge >= 0.3 is 0 Å². The summed E-state index contributed by atoms with van der Waals surface area (Å²) in [5.41, 5.74) is 9.52. The molecule has 0 saturated carbocycles. The van der Waals surface area contributed by atoms with Crippen LogP contribution in [0.25, 0.3) is 0 Å². The zero-order chi connectivity index (χ0) is 17.8. The molecule has 2 aromatic rings. The lowest BCUT2D eigenvalue weighted by Crippen LogP contribution is -2.40. The van der Waals surface area contributed by atoms with Crippen LogP contribution in [0.15, 0.2) is 42.5 Å². The molecule has 128 valence electrons. The van der Waals surface area contributed by atoms with E-state index in [0.29, 0.717) is 0 Å². The number of hydrogen-bond donors (Lipinski definition) is 1. The minimum absolute atomic E-state index is 0.195. The average molecular weight is 334 g/mol. The summed E-state index contributed by atoms with van der Waals surface area (Å²) in [4.78, 5) is 13.6. The number of nitrogens with zero attached hydrogens (tertiary/aromatic N) is 1. The van der Waals surface area contributed by atoms with Gasteiger partial charge in [0, 0.05) is 23.4 Å². The maximum Gasteiger partial charge on any atom is 0.240 e. The van der Waals surface area contributed by atoms with Crippen molar-refractivity contribution < 1.29 is 9.53 Å². The molecule has 4 nitrogen and oxygen atoms in total. The lowest BCUT2D eigenvalue weighted by molar-refractivity contribution is -0.119. The third-order valence-corrected chi connectivity index (χ3v) is 4.56. The molecule has 0 bridgehead atoms. The fourth-order valence-corrected chi connectivity index (χ4v) is 3.15. The SMILES string of the molecule is COc1ccc(C#Cc2ccc(N3CCC[C@@H]3C(N)=O)cc2)c(C)c1. The van der Waals surface area contributed by atoms with Gasteiger partial charge in [0.2, 0.25) is 5.91 Å². The van der Waals surface area contributed by atoms with E-state index in [9.17, 15) is 4.79 Å². The molecular weight excluding hydrogens is 312 g/mol. The lowest BCUT2D eigenvalue weighted by atomic mass is 10.1. The Morgan fingerprint density at radius 2 is 1.96 bits per heavy atom. The maximum absolute atomic E-state index is 11.5. The Hall–Kier alpha value is -2.93. The molecule has 2 aromatic carbocycles. The van der Waals surface area contributed by atoms with Crippen LogP contribution < -0.4 is 15.4 Å². The van der Waals surface area contributed by atoms with Crippen LogP contribution in [0.4, 0.5) is 5.69 Å². The van der Waals surface area contributed by atoms with Gasteiger partial charge < -0.3 is 15.4 Å². The van der Waals surface area contributed by atoms with Crippen LogP contribution in [-0.4, -0.2) is 25.6 Å². The molecule has 4 heteroatoms. The van der Waals surface area contributed by atoms with E-state index in [-0.39, 0.29) is 11.9 Å². The molecule has 1 heterocycles. The quantitative estimate of drug-likeness (QED) is 0.878. The van der Waals surface area contributed by atoms with Crippen molar-refractivity contribution in [2.45, 2.75) is 25.8 Å². The number of rotatable bonds is 3. The van der Waals surface area contributed by atoms with E-state index in [1.54, 1.807) is 7.11 Å². The van der Waals surface area contributed by atoms with Crippen molar-refractivity contribution in [3.63, 3.8) is 0 Å². The summed E-state index contributed by atoms with van der Waals surface area (Å²) in [6, 6.07) is 13.6. The van der Waals surface area contributed by atoms with Crippen molar-refractivity contribution in [1.82, 2.24) is 0 Å². The Labute approximate surface area is 148 Å². The summed E-state index contributed by atoms with van der Waals surface area (Å²) in [5.74, 6) is 6.98. The van der Waals surface area contributed by atoms with E-state index in [4.69, 9.17) is 10.5 Å². The topological polar surface area (TPSA) is 55.6 Å². The van der Waals surface area contributed by atoms with Gasteiger partial charge in [-0.1, -0.05) is 11.8 Å². The number of amides is 1. The first-order chi connectivity index (χ1) is 12.1. The van der Waals surface area contributed by atoms with Crippen molar-refractivity contribution in [1.29, 1.82) is 0 Å². The standard InChI is InChI=1S/C21H22N2O2/c1-15-14-19(25-2)12-9-17(15)8-5-16-6-10-18(11-7-16)23-13-3-4-20(23)21(22)24/h6-7,9-12,14,20H,3-4,13H2,1-2H3,(H2,22,24)/t20-/m1/s1. The first-order valence-corrected chi connectivity index (χ1v) is 8.41. The summed E-state index contributed by atoms with van der Waals surface area (Å²) < 4.78 is 5.21. The highest BCUT2D eigenvalue weighted by Crippen LogP contribution is 2.25. The second-order valence-corrected chi connectivity index (χ2v) is 6.23. The largest absolute Gasteiger partial charge is 0.497 e. The Kier molecular flexibility index (Phi) is 4.95. The molecule has 1 aliphatic rings. The van der Waals surface area contributed by atoms with E-state index < -0.39 is 0 Å². The predicted molar refractivity (Wildman–Crippen MR) is 99.7 cm³/mol. The Morgan fingerprint density at radius 3 is 2.60 bits per heavy atom. The van der Waals surface area contributed by atoms with E-state index in [2.05, 4.69) is 16.7 Å². The van der Waals surface area contributed by atoms with Gasteiger partial charge in [-0.3, -0.25) is 4.79 Å². The molecule has 1 fully saturated rings. The zero-order valence-electron chi connectivity index (χ0n) is 14.6. The number of nitrogens with two attached hydrogens (primary N) is 1. The highest BCUT2D eigenvalue weighted by Gasteiger charge is 2.28. The van der Waals surface area contributed by atoms with Gasteiger partial charge in [-0.2, -0.15) is 0 Å². The van der Waals surface area contributed by atoms with E-state index in [1.807, 2.05) is 49.4 Å². The summed E-state index contributed by atoms with van der Waals surface area (Å²) in [6.07, 6.45) is 1.82. The number of methoxy groups -OCH3 is 1. The van der Waals surface area contributed by atoms with E-state index >= 15 is 0 Å². The minimum atomic E-state index is -0.253. The number of carbonyl (C=O) groups is 1. The number of ether oxygens (including phenoxy) is 1. The molecule has 25 heavy (non-hydrogen) atoms. The Bertz CT molecular complexity index is 831. The van der Waals surface area contributed by atoms with Crippen molar-refractivity contribution in [3.05, 3.63) is 59.2 Å². The molecule has 0 spiro atoms. The fraction of sp³-hybridized carbons (Fsp3) is 0.286. The van der Waals surface area contributed by atoms with Crippen molar-refractivity contribution in [3.8, 4) is 17.6 Å². The molecule has 2 N–H and O–H groups in total. The Morgan fingerprint density at radius 1 is 1.20 bits per heavy atom. The molecule has 0 unspecified atom stereocenters. The lowest BCUT2D eigenvalue weighted by Gasteiger charge is -2.24. The predicted octanol–water partition coefficient (Wildman–Crippen LogP) is 2.86. The van der Waals surface area contributed by atoms with Gasteiger partial charge in [-0.15, -0.1) is 0 Å². The summed E-state index contributed by atoms with van der Waals surface area (Å²) >= 11 is 0. The molecule has 1 atom stereocenters. The second-order valence-electron chi connectivity index (χ2n) is 6.23. The number of carbonyl (C=O) groups excluding carboxylic acids is 1. The van der Waals surface area contributed by atoms with Crippen LogP contribution in [0, 0.1) is 18.8 Å². The van der Waals surface area contributed by atoms with Gasteiger partial charge in [0.15, 0.2) is 0 Å². The summed E-state index contributed by atoms with van der Waals surface area (Å²) in [7, 11) is 1.66. The molecule has 0 aliphatic carbocycles. The van der Waals surface area contributed by atoms with Gasteiger partial charge in [0.1, 0.15) is 11.8 Å². The van der Waals surface area contributed by atoms with Crippen molar-refractivity contribution >= 4 is 11.6 Å². The fourth-order valence-electron chi connectivity index (χ4n) is 3.15. The minimum Gasteiger partial charge on any atom is -0.497 e. The third-order valence-electron chi connectivity index (χ3n) is 4.56. The smallest absolute Gasteiger partial charge is 0.240 e. The molecule has 3 rings (SSSR count). The Balaban J connectivity index is 1.77. The highest BCUT2D eigenvalue weighted by atomic mass is 16.5. The molecule has 0 radical (unpaired) electrons. The molecule has 1 aliphatic heterocycles. The molecule has 1 amide bonds. The van der Waals surface area contributed by atoms with Gasteiger partial charge in [0.05, 0.1) is 7.11 Å². The number of primary amides is 1. The van der Waals surface area contributed by atoms with Crippen molar-refractivity contribution in [2.75, 3.05) is 18.6 Å². The first-order valence-electron chi connectivity index (χ1n) is 8.41. The van der Waals surface area contributed by atoms with Crippen LogP contribution in [0.3, 0.4) is 0 Å². The van der Waals surface area contributed by atoms with Crippen LogP contribution in [0.5, 0.6) is 5.75 Å². The molecule has 1 saturated heterocycles. The number of aryl methyl sites for hydroxylation is 1. The number of benzene rings is 2. The van der Waals surface area contributed by atoms with Crippen LogP contribution in [0.2, 0.25) is 0 Å². The maximum atomic E-state index is 11.5. The van der Waals surface area contributed by atoms with Gasteiger partial charge in [-0.05, 0) is 67.8 Å². The average Bonchev–Trinajstić information content (AvgIpc) is 3.11. The third kappa shape index (κ3) is 3.77. The van der Waals surface area contributed by atoms with Crippen LogP contribution >= 0.6 is 0 Å². The van der Waals surface area contributed by atoms with Crippen LogP contribution in [0.1, 0.15) is 29.5 Å². The van der Waals surface area contributed by atoms with E-state index in [0.717, 1.165) is 47.5 Å². The van der Waals surface area contributed by atoms with Crippen molar-refractivity contribution in [2.24, 2.45) is 5.73 Å². The first kappa shape index (κ1) is 16.9. The van der Waals surface area contributed by atoms with Gasteiger partial charge in [-0.25, -0.2) is 0 Å². The summed E-state index contributed by atoms with van der Waals surface area (Å²) in [5, 5.41) is 0. The van der Waals surface area contributed by atoms with Gasteiger partial charge in [0.25, 0.3) is 0 Å². The monoisotopic (exact) mass is 334 g/mol.